The number of anilines is 1. The minimum atomic E-state index is -3.47. The van der Waals surface area contributed by atoms with E-state index in [0.717, 1.165) is 0 Å². The molecule has 0 bridgehead atoms. The molecule has 2 heterocycles. The normalized spacial score (nSPS) is 19.8. The molecule has 6 nitrogen and oxygen atoms in total. The van der Waals surface area contributed by atoms with E-state index < -0.39 is 10.0 Å². The van der Waals surface area contributed by atoms with Crippen LogP contribution in [0.2, 0.25) is 0 Å². The van der Waals surface area contributed by atoms with Gasteiger partial charge in [0.2, 0.25) is 10.0 Å². The number of aromatic nitrogens is 1. The Morgan fingerprint density at radius 2 is 2.05 bits per heavy atom. The van der Waals surface area contributed by atoms with E-state index >= 15 is 0 Å². The molecule has 0 aromatic carbocycles. The molecule has 1 fully saturated rings. The van der Waals surface area contributed by atoms with E-state index in [0.29, 0.717) is 31.7 Å². The van der Waals surface area contributed by atoms with E-state index in [2.05, 4.69) is 10.3 Å². The van der Waals surface area contributed by atoms with Crippen LogP contribution in [0.3, 0.4) is 0 Å². The van der Waals surface area contributed by atoms with Crippen LogP contribution in [-0.2, 0) is 10.0 Å². The second-order valence-electron chi connectivity index (χ2n) is 5.11. The first-order valence-electron chi connectivity index (χ1n) is 6.77. The molecule has 0 amide bonds. The lowest BCUT2D eigenvalue weighted by Crippen LogP contribution is -2.40. The van der Waals surface area contributed by atoms with Gasteiger partial charge in [0.15, 0.2) is 0 Å². The molecule has 2 rings (SSSR count). The summed E-state index contributed by atoms with van der Waals surface area (Å²) < 4.78 is 26.4. The lowest BCUT2D eigenvalue weighted by Gasteiger charge is -2.32. The quantitative estimate of drug-likeness (QED) is 0.863. The number of hydrogen-bond acceptors (Lipinski definition) is 5. The zero-order valence-electron chi connectivity index (χ0n) is 11.8. The van der Waals surface area contributed by atoms with Crippen molar-refractivity contribution in [3.05, 3.63) is 18.3 Å². The molecule has 1 atom stereocenters. The van der Waals surface area contributed by atoms with Crippen LogP contribution in [0.4, 0.5) is 5.82 Å². The van der Waals surface area contributed by atoms with Gasteiger partial charge >= 0.3 is 0 Å². The van der Waals surface area contributed by atoms with Gasteiger partial charge in [-0.05, 0) is 37.8 Å². The second kappa shape index (κ2) is 6.07. The monoisotopic (exact) mass is 299 g/mol. The average Bonchev–Trinajstić information content (AvgIpc) is 2.47. The summed E-state index contributed by atoms with van der Waals surface area (Å²) in [5, 5.41) is 12.4. The Kier molecular flexibility index (Phi) is 4.62. The van der Waals surface area contributed by atoms with E-state index in [1.165, 1.54) is 10.5 Å². The smallest absolute Gasteiger partial charge is 0.244 e. The third kappa shape index (κ3) is 3.11. The molecule has 1 aliphatic heterocycles. The van der Waals surface area contributed by atoms with Crippen LogP contribution >= 0.6 is 0 Å². The van der Waals surface area contributed by atoms with E-state index in [4.69, 9.17) is 0 Å². The molecular formula is C13H21N3O3S. The van der Waals surface area contributed by atoms with Gasteiger partial charge < -0.3 is 10.4 Å². The van der Waals surface area contributed by atoms with Crippen LogP contribution in [0.25, 0.3) is 0 Å². The van der Waals surface area contributed by atoms with E-state index in [9.17, 15) is 13.5 Å². The molecule has 2 N–H and O–H groups in total. The molecule has 0 aliphatic carbocycles. The first kappa shape index (κ1) is 15.2. The molecule has 1 aliphatic rings. The van der Waals surface area contributed by atoms with Crippen LogP contribution in [0.5, 0.6) is 0 Å². The van der Waals surface area contributed by atoms with Gasteiger partial charge in [-0.25, -0.2) is 13.4 Å². The SMILES string of the molecule is CNc1ccc(S(=O)(=O)N2CCC(C(C)O)CC2)cn1. The number of nitrogens with zero attached hydrogens (tertiary/aromatic N) is 2. The number of aliphatic hydroxyl groups is 1. The Labute approximate surface area is 119 Å². The van der Waals surface area contributed by atoms with Gasteiger partial charge in [0, 0.05) is 26.3 Å². The molecule has 1 aromatic rings. The maximum Gasteiger partial charge on any atom is 0.244 e. The number of pyridine rings is 1. The summed E-state index contributed by atoms with van der Waals surface area (Å²) in [5.74, 6) is 0.822. The molecule has 0 saturated carbocycles. The van der Waals surface area contributed by atoms with Crippen molar-refractivity contribution in [3.8, 4) is 0 Å². The standard InChI is InChI=1S/C13H21N3O3S/c1-10(17)11-5-7-16(8-6-11)20(18,19)12-3-4-13(14-2)15-9-12/h3-4,9-11,17H,5-8H2,1-2H3,(H,14,15). The second-order valence-corrected chi connectivity index (χ2v) is 7.05. The van der Waals surface area contributed by atoms with Crippen LogP contribution < -0.4 is 5.32 Å². The van der Waals surface area contributed by atoms with Gasteiger partial charge in [-0.2, -0.15) is 4.31 Å². The highest BCUT2D eigenvalue weighted by atomic mass is 32.2. The Balaban J connectivity index is 2.11. The predicted molar refractivity (Wildman–Crippen MR) is 76.9 cm³/mol. The Bertz CT molecular complexity index is 534. The van der Waals surface area contributed by atoms with Crippen LogP contribution in [-0.4, -0.2) is 49.1 Å². The van der Waals surface area contributed by atoms with Crippen molar-refractivity contribution in [3.63, 3.8) is 0 Å². The summed E-state index contributed by atoms with van der Waals surface area (Å²) in [7, 11) is -1.74. The Morgan fingerprint density at radius 1 is 1.40 bits per heavy atom. The highest BCUT2D eigenvalue weighted by molar-refractivity contribution is 7.89. The maximum atomic E-state index is 12.5. The molecule has 0 radical (unpaired) electrons. The fraction of sp³-hybridized carbons (Fsp3) is 0.615. The lowest BCUT2D eigenvalue weighted by atomic mass is 9.93. The predicted octanol–water partition coefficient (Wildman–Crippen LogP) is 0.905. The number of rotatable bonds is 4. The van der Waals surface area contributed by atoms with E-state index in [1.54, 1.807) is 26.1 Å². The molecule has 0 spiro atoms. The highest BCUT2D eigenvalue weighted by Gasteiger charge is 2.30. The summed E-state index contributed by atoms with van der Waals surface area (Å²) in [6.07, 6.45) is 2.39. The summed E-state index contributed by atoms with van der Waals surface area (Å²) in [6.45, 7) is 2.66. The van der Waals surface area contributed by atoms with Crippen molar-refractivity contribution in [1.29, 1.82) is 0 Å². The van der Waals surface area contributed by atoms with Crippen molar-refractivity contribution >= 4 is 15.8 Å². The molecule has 1 unspecified atom stereocenters. The minimum Gasteiger partial charge on any atom is -0.393 e. The van der Waals surface area contributed by atoms with Gasteiger partial charge in [0.05, 0.1) is 6.10 Å². The average molecular weight is 299 g/mol. The summed E-state index contributed by atoms with van der Waals surface area (Å²) in [5.41, 5.74) is 0. The molecule has 7 heteroatoms. The fourth-order valence-electron chi connectivity index (χ4n) is 2.43. The van der Waals surface area contributed by atoms with Crippen LogP contribution in [0, 0.1) is 5.92 Å². The van der Waals surface area contributed by atoms with E-state index in [1.807, 2.05) is 0 Å². The summed E-state index contributed by atoms with van der Waals surface area (Å²) in [6, 6.07) is 3.21. The molecule has 1 aromatic heterocycles. The highest BCUT2D eigenvalue weighted by Crippen LogP contribution is 2.25. The zero-order valence-corrected chi connectivity index (χ0v) is 12.6. The van der Waals surface area contributed by atoms with Crippen molar-refractivity contribution < 1.29 is 13.5 Å². The van der Waals surface area contributed by atoms with Crippen molar-refractivity contribution in [1.82, 2.24) is 9.29 Å². The third-order valence-corrected chi connectivity index (χ3v) is 5.69. The number of nitrogens with one attached hydrogen (secondary N) is 1. The Morgan fingerprint density at radius 3 is 2.50 bits per heavy atom. The summed E-state index contributed by atoms with van der Waals surface area (Å²) >= 11 is 0. The van der Waals surface area contributed by atoms with Crippen molar-refractivity contribution in [2.45, 2.75) is 30.8 Å². The van der Waals surface area contributed by atoms with Crippen molar-refractivity contribution in [2.75, 3.05) is 25.5 Å². The fourth-order valence-corrected chi connectivity index (χ4v) is 3.84. The molecular weight excluding hydrogens is 278 g/mol. The van der Waals surface area contributed by atoms with Crippen LogP contribution in [0.15, 0.2) is 23.2 Å². The largest absolute Gasteiger partial charge is 0.393 e. The minimum absolute atomic E-state index is 0.186. The van der Waals surface area contributed by atoms with Gasteiger partial charge in [0.1, 0.15) is 10.7 Å². The number of piperidine rings is 1. The van der Waals surface area contributed by atoms with Gasteiger partial charge in [-0.1, -0.05) is 0 Å². The zero-order chi connectivity index (χ0) is 14.8. The third-order valence-electron chi connectivity index (χ3n) is 3.81. The van der Waals surface area contributed by atoms with Crippen molar-refractivity contribution in [2.24, 2.45) is 5.92 Å². The van der Waals surface area contributed by atoms with Gasteiger partial charge in [-0.3, -0.25) is 0 Å². The molecule has 1 saturated heterocycles. The topological polar surface area (TPSA) is 82.5 Å². The number of sulfonamides is 1. The molecule has 112 valence electrons. The summed E-state index contributed by atoms with van der Waals surface area (Å²) in [4.78, 5) is 4.26. The molecule has 20 heavy (non-hydrogen) atoms. The van der Waals surface area contributed by atoms with E-state index in [-0.39, 0.29) is 16.9 Å². The van der Waals surface area contributed by atoms with Gasteiger partial charge in [0.25, 0.3) is 0 Å². The lowest BCUT2D eigenvalue weighted by molar-refractivity contribution is 0.0912. The van der Waals surface area contributed by atoms with Gasteiger partial charge in [-0.15, -0.1) is 0 Å². The number of aliphatic hydroxyl groups excluding tert-OH is 1. The van der Waals surface area contributed by atoms with Crippen LogP contribution in [0.1, 0.15) is 19.8 Å². The maximum absolute atomic E-state index is 12.5. The Hall–Kier alpha value is -1.18. The first-order chi connectivity index (χ1) is 9.45. The first-order valence-corrected chi connectivity index (χ1v) is 8.21. The number of hydrogen-bond donors (Lipinski definition) is 2.